The maximum absolute atomic E-state index is 6.44. The number of hydrogen-bond acceptors (Lipinski definition) is 1. The molecular formula is C12H25N. The van der Waals surface area contributed by atoms with Crippen molar-refractivity contribution >= 4 is 0 Å². The number of rotatable bonds is 2. The fourth-order valence-electron chi connectivity index (χ4n) is 3.50. The van der Waals surface area contributed by atoms with E-state index in [-0.39, 0.29) is 5.54 Å². The Hall–Kier alpha value is -0.0400. The fourth-order valence-corrected chi connectivity index (χ4v) is 3.50. The van der Waals surface area contributed by atoms with Crippen LogP contribution in [0.25, 0.3) is 0 Å². The summed E-state index contributed by atoms with van der Waals surface area (Å²) < 4.78 is 0. The molecule has 0 aromatic carbocycles. The van der Waals surface area contributed by atoms with E-state index in [4.69, 9.17) is 5.73 Å². The second-order valence-electron chi connectivity index (χ2n) is 5.97. The zero-order chi connectivity index (χ0) is 10.1. The molecule has 1 rings (SSSR count). The summed E-state index contributed by atoms with van der Waals surface area (Å²) in [5.74, 6) is 0.806. The monoisotopic (exact) mass is 183 g/mol. The molecule has 1 heteroatoms. The Bertz CT molecular complexity index is 174. The molecule has 1 saturated carbocycles. The van der Waals surface area contributed by atoms with Crippen LogP contribution in [0.3, 0.4) is 0 Å². The predicted octanol–water partition coefficient (Wildman–Crippen LogP) is 3.33. The quantitative estimate of drug-likeness (QED) is 0.698. The van der Waals surface area contributed by atoms with Crippen LogP contribution >= 0.6 is 0 Å². The van der Waals surface area contributed by atoms with Crippen LogP contribution in [0.1, 0.15) is 59.8 Å². The molecule has 13 heavy (non-hydrogen) atoms. The van der Waals surface area contributed by atoms with Gasteiger partial charge < -0.3 is 5.73 Å². The molecule has 1 fully saturated rings. The highest BCUT2D eigenvalue weighted by atomic mass is 14.8. The molecular weight excluding hydrogens is 158 g/mol. The molecule has 0 amide bonds. The van der Waals surface area contributed by atoms with Crippen molar-refractivity contribution < 1.29 is 0 Å². The summed E-state index contributed by atoms with van der Waals surface area (Å²) in [5.41, 5.74) is 7.03. The molecule has 2 atom stereocenters. The Morgan fingerprint density at radius 2 is 1.92 bits per heavy atom. The lowest BCUT2D eigenvalue weighted by Crippen LogP contribution is -2.49. The molecule has 1 aliphatic rings. The van der Waals surface area contributed by atoms with E-state index in [9.17, 15) is 0 Å². The Balaban J connectivity index is 2.66. The van der Waals surface area contributed by atoms with E-state index in [0.717, 1.165) is 5.92 Å². The van der Waals surface area contributed by atoms with Crippen LogP contribution in [0.2, 0.25) is 0 Å². The van der Waals surface area contributed by atoms with E-state index < -0.39 is 0 Å². The fraction of sp³-hybridized carbons (Fsp3) is 1.00. The minimum atomic E-state index is 0.135. The van der Waals surface area contributed by atoms with Crippen molar-refractivity contribution in [2.24, 2.45) is 17.1 Å². The van der Waals surface area contributed by atoms with Crippen LogP contribution in [0.15, 0.2) is 0 Å². The van der Waals surface area contributed by atoms with Gasteiger partial charge in [0, 0.05) is 5.54 Å². The van der Waals surface area contributed by atoms with Gasteiger partial charge in [-0.3, -0.25) is 0 Å². The Kier molecular flexibility index (Phi) is 3.06. The first kappa shape index (κ1) is 11.0. The molecule has 78 valence electrons. The maximum atomic E-state index is 6.44. The molecule has 0 radical (unpaired) electrons. The standard InChI is InChI=1S/C12H25N/c1-5-6-12(13)8-10(2)7-11(3,4)9-12/h10H,5-9,13H2,1-4H3/t10-,12+/m0/s1. The first-order chi connectivity index (χ1) is 5.87. The molecule has 0 aromatic rings. The third-order valence-corrected chi connectivity index (χ3v) is 3.23. The lowest BCUT2D eigenvalue weighted by Gasteiger charge is -2.45. The van der Waals surface area contributed by atoms with Crippen molar-refractivity contribution in [2.75, 3.05) is 0 Å². The molecule has 0 bridgehead atoms. The van der Waals surface area contributed by atoms with Crippen molar-refractivity contribution in [3.63, 3.8) is 0 Å². The largest absolute Gasteiger partial charge is 0.325 e. The number of nitrogens with two attached hydrogens (primary N) is 1. The van der Waals surface area contributed by atoms with E-state index in [2.05, 4.69) is 27.7 Å². The zero-order valence-corrected chi connectivity index (χ0v) is 9.69. The molecule has 0 unspecified atom stereocenters. The SMILES string of the molecule is CCC[C@@]1(N)C[C@@H](C)CC(C)(C)C1. The topological polar surface area (TPSA) is 26.0 Å². The van der Waals surface area contributed by atoms with Gasteiger partial charge in [0.25, 0.3) is 0 Å². The van der Waals surface area contributed by atoms with Crippen LogP contribution in [0, 0.1) is 11.3 Å². The van der Waals surface area contributed by atoms with Crippen LogP contribution in [-0.2, 0) is 0 Å². The molecule has 0 aliphatic heterocycles. The number of hydrogen-bond donors (Lipinski definition) is 1. The summed E-state index contributed by atoms with van der Waals surface area (Å²) in [5, 5.41) is 0. The molecule has 0 aromatic heterocycles. The van der Waals surface area contributed by atoms with Crippen molar-refractivity contribution in [3.8, 4) is 0 Å². The van der Waals surface area contributed by atoms with Gasteiger partial charge in [-0.25, -0.2) is 0 Å². The average Bonchev–Trinajstić information content (AvgIpc) is 1.78. The minimum Gasteiger partial charge on any atom is -0.325 e. The summed E-state index contributed by atoms with van der Waals surface area (Å²) in [6, 6.07) is 0. The second kappa shape index (κ2) is 3.61. The van der Waals surface area contributed by atoms with E-state index >= 15 is 0 Å². The summed E-state index contributed by atoms with van der Waals surface area (Å²) in [6.07, 6.45) is 6.19. The van der Waals surface area contributed by atoms with Crippen molar-refractivity contribution in [3.05, 3.63) is 0 Å². The third kappa shape index (κ3) is 2.98. The van der Waals surface area contributed by atoms with Crippen LogP contribution in [0.4, 0.5) is 0 Å². The molecule has 0 heterocycles. The smallest absolute Gasteiger partial charge is 0.0161 e. The predicted molar refractivity (Wildman–Crippen MR) is 58.6 cm³/mol. The highest BCUT2D eigenvalue weighted by Crippen LogP contribution is 2.44. The van der Waals surface area contributed by atoms with Gasteiger partial charge in [-0.1, -0.05) is 34.1 Å². The zero-order valence-electron chi connectivity index (χ0n) is 9.69. The van der Waals surface area contributed by atoms with E-state index in [1.807, 2.05) is 0 Å². The van der Waals surface area contributed by atoms with E-state index in [1.165, 1.54) is 32.1 Å². The molecule has 2 N–H and O–H groups in total. The van der Waals surface area contributed by atoms with Gasteiger partial charge in [0.2, 0.25) is 0 Å². The molecule has 1 nitrogen and oxygen atoms in total. The van der Waals surface area contributed by atoms with Crippen LogP contribution < -0.4 is 5.73 Å². The minimum absolute atomic E-state index is 0.135. The van der Waals surface area contributed by atoms with Gasteiger partial charge in [-0.15, -0.1) is 0 Å². The van der Waals surface area contributed by atoms with Crippen LogP contribution in [-0.4, -0.2) is 5.54 Å². The van der Waals surface area contributed by atoms with Crippen LogP contribution in [0.5, 0.6) is 0 Å². The Morgan fingerprint density at radius 3 is 2.38 bits per heavy atom. The van der Waals surface area contributed by atoms with Gasteiger partial charge in [0.1, 0.15) is 0 Å². The molecule has 0 spiro atoms. The van der Waals surface area contributed by atoms with Crippen molar-refractivity contribution in [1.29, 1.82) is 0 Å². The highest BCUT2D eigenvalue weighted by Gasteiger charge is 2.39. The van der Waals surface area contributed by atoms with Crippen molar-refractivity contribution in [1.82, 2.24) is 0 Å². The van der Waals surface area contributed by atoms with E-state index in [1.54, 1.807) is 0 Å². The first-order valence-corrected chi connectivity index (χ1v) is 5.66. The highest BCUT2D eigenvalue weighted by molar-refractivity contribution is 4.96. The van der Waals surface area contributed by atoms with E-state index in [0.29, 0.717) is 5.41 Å². The Morgan fingerprint density at radius 1 is 1.31 bits per heavy atom. The average molecular weight is 183 g/mol. The summed E-state index contributed by atoms with van der Waals surface area (Å²) in [4.78, 5) is 0. The summed E-state index contributed by atoms with van der Waals surface area (Å²) in [7, 11) is 0. The molecule has 1 aliphatic carbocycles. The van der Waals surface area contributed by atoms with Gasteiger partial charge in [0.05, 0.1) is 0 Å². The second-order valence-corrected chi connectivity index (χ2v) is 5.97. The van der Waals surface area contributed by atoms with Gasteiger partial charge >= 0.3 is 0 Å². The van der Waals surface area contributed by atoms with Crippen molar-refractivity contribution in [2.45, 2.75) is 65.3 Å². The molecule has 0 saturated heterocycles. The third-order valence-electron chi connectivity index (χ3n) is 3.23. The summed E-state index contributed by atoms with van der Waals surface area (Å²) >= 11 is 0. The lowest BCUT2D eigenvalue weighted by atomic mass is 9.63. The van der Waals surface area contributed by atoms with Gasteiger partial charge in [0.15, 0.2) is 0 Å². The lowest BCUT2D eigenvalue weighted by molar-refractivity contribution is 0.102. The first-order valence-electron chi connectivity index (χ1n) is 5.66. The normalized spacial score (nSPS) is 39.0. The summed E-state index contributed by atoms with van der Waals surface area (Å²) in [6.45, 7) is 9.30. The Labute approximate surface area is 83.1 Å². The maximum Gasteiger partial charge on any atom is 0.0161 e. The van der Waals surface area contributed by atoms with Gasteiger partial charge in [-0.05, 0) is 37.0 Å². The van der Waals surface area contributed by atoms with Gasteiger partial charge in [-0.2, -0.15) is 0 Å².